The first-order chi connectivity index (χ1) is 15.9. The average molecular weight is 489 g/mol. The number of carbonyl (C=O) groups excluding carboxylic acids is 1. The first-order valence-electron chi connectivity index (χ1n) is 11.6. The van der Waals surface area contributed by atoms with Gasteiger partial charge in [-0.1, -0.05) is 63.0 Å². The van der Waals surface area contributed by atoms with Gasteiger partial charge in [-0.25, -0.2) is 0 Å². The molecule has 0 saturated carbocycles. The quantitative estimate of drug-likeness (QED) is 0.296. The number of aromatic nitrogens is 1. The van der Waals surface area contributed by atoms with Crippen LogP contribution >= 0.6 is 24.0 Å². The molecule has 0 aliphatic carbocycles. The minimum atomic E-state index is -0.329. The zero-order chi connectivity index (χ0) is 24.0. The largest absolute Gasteiger partial charge is 0.378 e. The van der Waals surface area contributed by atoms with Crippen molar-refractivity contribution in [3.05, 3.63) is 31.9 Å². The number of anilines is 1. The van der Waals surface area contributed by atoms with Gasteiger partial charge in [0.1, 0.15) is 21.8 Å². The maximum absolute atomic E-state index is 13.2. The van der Waals surface area contributed by atoms with E-state index in [0.29, 0.717) is 53.5 Å². The predicted molar refractivity (Wildman–Crippen MR) is 137 cm³/mol. The Hall–Kier alpha value is -2.15. The highest BCUT2D eigenvalue weighted by Gasteiger charge is 2.33. The number of pyridine rings is 1. The van der Waals surface area contributed by atoms with Crippen LogP contribution in [0.5, 0.6) is 0 Å². The molecule has 0 bridgehead atoms. The molecule has 33 heavy (non-hydrogen) atoms. The lowest BCUT2D eigenvalue weighted by atomic mass is 10.0. The van der Waals surface area contributed by atoms with Crippen LogP contribution in [0.1, 0.15) is 62.1 Å². The summed E-state index contributed by atoms with van der Waals surface area (Å²) in [5.41, 5.74) is 1.08. The van der Waals surface area contributed by atoms with E-state index in [2.05, 4.69) is 11.8 Å². The molecule has 2 aliphatic rings. The SMILES string of the molecule is CCCCCCCCN1C(=O)/C(=C/c2c(C)c(C#N)c(=O)n(C)c2N2CCOCC2)SC1=S. The van der Waals surface area contributed by atoms with E-state index in [4.69, 9.17) is 17.0 Å². The Bertz CT molecular complexity index is 1040. The minimum absolute atomic E-state index is 0.0988. The van der Waals surface area contributed by atoms with Crippen LogP contribution in [-0.2, 0) is 16.6 Å². The van der Waals surface area contributed by atoms with Crippen molar-refractivity contribution in [2.75, 3.05) is 37.7 Å². The number of hydrogen-bond acceptors (Lipinski definition) is 7. The molecule has 1 amide bonds. The number of nitriles is 1. The first kappa shape index (κ1) is 25.5. The second-order valence-electron chi connectivity index (χ2n) is 8.41. The van der Waals surface area contributed by atoms with Gasteiger partial charge in [-0.05, 0) is 25.0 Å². The van der Waals surface area contributed by atoms with E-state index in [1.54, 1.807) is 24.9 Å². The highest BCUT2D eigenvalue weighted by molar-refractivity contribution is 8.26. The number of morpholine rings is 1. The van der Waals surface area contributed by atoms with Crippen molar-refractivity contribution in [3.8, 4) is 6.07 Å². The average Bonchev–Trinajstić information content (AvgIpc) is 3.08. The second kappa shape index (κ2) is 11.8. The fourth-order valence-corrected chi connectivity index (χ4v) is 5.53. The van der Waals surface area contributed by atoms with Crippen LogP contribution in [0.3, 0.4) is 0 Å². The summed E-state index contributed by atoms with van der Waals surface area (Å²) in [6, 6.07) is 2.04. The Morgan fingerprint density at radius 3 is 2.48 bits per heavy atom. The smallest absolute Gasteiger partial charge is 0.270 e. The van der Waals surface area contributed by atoms with Gasteiger partial charge in [0.15, 0.2) is 0 Å². The van der Waals surface area contributed by atoms with Crippen LogP contribution in [0.2, 0.25) is 0 Å². The molecule has 0 N–H and O–H groups in total. The van der Waals surface area contributed by atoms with Gasteiger partial charge < -0.3 is 9.64 Å². The van der Waals surface area contributed by atoms with E-state index in [0.717, 1.165) is 18.4 Å². The van der Waals surface area contributed by atoms with Crippen LogP contribution in [0.25, 0.3) is 6.08 Å². The monoisotopic (exact) mass is 488 g/mol. The number of thiocarbonyl (C=S) groups is 1. The Morgan fingerprint density at radius 2 is 1.82 bits per heavy atom. The number of nitrogens with zero attached hydrogens (tertiary/aromatic N) is 4. The number of unbranched alkanes of at least 4 members (excludes halogenated alkanes) is 5. The van der Waals surface area contributed by atoms with Gasteiger partial charge >= 0.3 is 0 Å². The number of thioether (sulfide) groups is 1. The van der Waals surface area contributed by atoms with E-state index >= 15 is 0 Å². The lowest BCUT2D eigenvalue weighted by molar-refractivity contribution is -0.122. The lowest BCUT2D eigenvalue weighted by Gasteiger charge is -2.32. The molecule has 2 fully saturated rings. The third kappa shape index (κ3) is 5.68. The van der Waals surface area contributed by atoms with E-state index < -0.39 is 0 Å². The van der Waals surface area contributed by atoms with Crippen molar-refractivity contribution in [3.63, 3.8) is 0 Å². The highest BCUT2D eigenvalue weighted by atomic mass is 32.2. The first-order valence-corrected chi connectivity index (χ1v) is 12.8. The summed E-state index contributed by atoms with van der Waals surface area (Å²) in [7, 11) is 1.68. The number of rotatable bonds is 9. The Kier molecular flexibility index (Phi) is 9.12. The van der Waals surface area contributed by atoms with Gasteiger partial charge in [0, 0.05) is 32.2 Å². The van der Waals surface area contributed by atoms with E-state index in [1.807, 2.05) is 6.07 Å². The van der Waals surface area contributed by atoms with E-state index in [1.165, 1.54) is 42.0 Å². The fraction of sp³-hybridized carbons (Fsp3) is 0.583. The van der Waals surface area contributed by atoms with Crippen molar-refractivity contribution < 1.29 is 9.53 Å². The van der Waals surface area contributed by atoms with E-state index in [9.17, 15) is 14.9 Å². The van der Waals surface area contributed by atoms with Crippen LogP contribution in [0.15, 0.2) is 9.70 Å². The molecule has 2 aliphatic heterocycles. The van der Waals surface area contributed by atoms with Gasteiger partial charge in [0.2, 0.25) is 0 Å². The molecule has 0 atom stereocenters. The third-order valence-electron chi connectivity index (χ3n) is 6.16. The maximum Gasteiger partial charge on any atom is 0.270 e. The Morgan fingerprint density at radius 1 is 1.15 bits per heavy atom. The number of ether oxygens (including phenoxy) is 1. The van der Waals surface area contributed by atoms with E-state index in [-0.39, 0.29) is 17.0 Å². The molecule has 0 unspecified atom stereocenters. The predicted octanol–water partition coefficient (Wildman–Crippen LogP) is 3.96. The molecule has 178 valence electrons. The molecule has 0 radical (unpaired) electrons. The molecule has 1 aromatic heterocycles. The summed E-state index contributed by atoms with van der Waals surface area (Å²) < 4.78 is 7.55. The lowest BCUT2D eigenvalue weighted by Crippen LogP contribution is -2.40. The van der Waals surface area contributed by atoms with Gasteiger partial charge in [0.25, 0.3) is 11.5 Å². The Balaban J connectivity index is 1.89. The topological polar surface area (TPSA) is 78.6 Å². The molecule has 0 aromatic carbocycles. The molecule has 1 aromatic rings. The van der Waals surface area contributed by atoms with Gasteiger partial charge in [-0.2, -0.15) is 5.26 Å². The van der Waals surface area contributed by atoms with Crippen LogP contribution in [-0.4, -0.2) is 52.5 Å². The number of carbonyl (C=O) groups is 1. The molecular formula is C24H32N4O3S2. The fourth-order valence-electron chi connectivity index (χ4n) is 4.24. The molecule has 7 nitrogen and oxygen atoms in total. The van der Waals surface area contributed by atoms with Gasteiger partial charge in [-0.3, -0.25) is 19.1 Å². The normalized spacial score (nSPS) is 17.8. The third-order valence-corrected chi connectivity index (χ3v) is 7.54. The number of amides is 1. The minimum Gasteiger partial charge on any atom is -0.378 e. The van der Waals surface area contributed by atoms with Crippen molar-refractivity contribution in [1.29, 1.82) is 5.26 Å². The van der Waals surface area contributed by atoms with Crippen molar-refractivity contribution in [2.24, 2.45) is 7.05 Å². The van der Waals surface area contributed by atoms with Crippen LogP contribution in [0.4, 0.5) is 5.82 Å². The highest BCUT2D eigenvalue weighted by Crippen LogP contribution is 2.36. The summed E-state index contributed by atoms with van der Waals surface area (Å²) in [4.78, 5) is 30.3. The van der Waals surface area contributed by atoms with Gasteiger partial charge in [0.05, 0.1) is 18.1 Å². The van der Waals surface area contributed by atoms with Crippen LogP contribution in [0, 0.1) is 18.3 Å². The molecular weight excluding hydrogens is 456 g/mol. The Labute approximate surface area is 205 Å². The summed E-state index contributed by atoms with van der Waals surface area (Å²) in [5.74, 6) is 0.610. The second-order valence-corrected chi connectivity index (χ2v) is 10.1. The molecule has 9 heteroatoms. The molecule has 3 rings (SSSR count). The number of hydrogen-bond donors (Lipinski definition) is 0. The summed E-state index contributed by atoms with van der Waals surface area (Å²) in [6.45, 7) is 6.99. The zero-order valence-electron chi connectivity index (χ0n) is 19.7. The van der Waals surface area contributed by atoms with Gasteiger partial charge in [-0.15, -0.1) is 0 Å². The zero-order valence-corrected chi connectivity index (χ0v) is 21.3. The maximum atomic E-state index is 13.2. The molecule has 2 saturated heterocycles. The van der Waals surface area contributed by atoms with Crippen molar-refractivity contribution in [1.82, 2.24) is 9.47 Å². The summed E-state index contributed by atoms with van der Waals surface area (Å²) in [6.07, 6.45) is 8.69. The van der Waals surface area contributed by atoms with Crippen molar-refractivity contribution in [2.45, 2.75) is 52.4 Å². The molecule has 3 heterocycles. The van der Waals surface area contributed by atoms with Crippen molar-refractivity contribution >= 4 is 46.1 Å². The van der Waals surface area contributed by atoms with Crippen LogP contribution < -0.4 is 10.5 Å². The summed E-state index contributed by atoms with van der Waals surface area (Å²) >= 11 is 6.80. The summed E-state index contributed by atoms with van der Waals surface area (Å²) in [5, 5.41) is 9.60. The molecule has 0 spiro atoms. The standard InChI is InChI=1S/C24H32N4O3S2/c1-4-5-6-7-8-9-10-28-23(30)20(33-24(28)32)15-18-17(2)19(16-25)22(29)26(3)21(18)27-11-13-31-14-12-27/h15H,4-14H2,1-3H3/b20-15-.